The molecule has 0 radical (unpaired) electrons. The SMILES string of the molecule is CN(Cc1ccccc1)C(=O)CSCc1ccco1. The largest absolute Gasteiger partial charge is 0.468 e. The Kier molecular flexibility index (Phi) is 5.10. The third-order valence-electron chi connectivity index (χ3n) is 2.74. The van der Waals surface area contributed by atoms with Crippen molar-refractivity contribution in [3.05, 3.63) is 60.1 Å². The Bertz CT molecular complexity index is 496. The first-order valence-corrected chi connectivity index (χ1v) is 7.29. The van der Waals surface area contributed by atoms with Gasteiger partial charge in [-0.15, -0.1) is 11.8 Å². The molecule has 0 atom stereocenters. The highest BCUT2D eigenvalue weighted by Crippen LogP contribution is 2.13. The van der Waals surface area contributed by atoms with Gasteiger partial charge < -0.3 is 9.32 Å². The first-order valence-electron chi connectivity index (χ1n) is 6.14. The Morgan fingerprint density at radius 1 is 1.21 bits per heavy atom. The molecule has 1 aromatic carbocycles. The molecule has 100 valence electrons. The van der Waals surface area contributed by atoms with E-state index in [-0.39, 0.29) is 5.91 Å². The Morgan fingerprint density at radius 2 is 2.00 bits per heavy atom. The summed E-state index contributed by atoms with van der Waals surface area (Å²) in [5.41, 5.74) is 1.15. The minimum atomic E-state index is 0.139. The van der Waals surface area contributed by atoms with E-state index in [1.54, 1.807) is 22.9 Å². The lowest BCUT2D eigenvalue weighted by Crippen LogP contribution is -2.27. The number of amides is 1. The normalized spacial score (nSPS) is 10.4. The third kappa shape index (κ3) is 4.48. The molecule has 1 heterocycles. The minimum Gasteiger partial charge on any atom is -0.468 e. The lowest BCUT2D eigenvalue weighted by atomic mass is 10.2. The van der Waals surface area contributed by atoms with E-state index in [1.165, 1.54) is 0 Å². The number of carbonyl (C=O) groups excluding carboxylic acids is 1. The molecule has 0 saturated carbocycles. The van der Waals surface area contributed by atoms with Crippen molar-refractivity contribution in [2.45, 2.75) is 12.3 Å². The van der Waals surface area contributed by atoms with Gasteiger partial charge in [0, 0.05) is 13.6 Å². The van der Waals surface area contributed by atoms with Crippen LogP contribution in [0.25, 0.3) is 0 Å². The van der Waals surface area contributed by atoms with Crippen LogP contribution in [0.1, 0.15) is 11.3 Å². The van der Waals surface area contributed by atoms with Crippen molar-refractivity contribution in [1.29, 1.82) is 0 Å². The van der Waals surface area contributed by atoms with Gasteiger partial charge in [0.1, 0.15) is 5.76 Å². The molecule has 2 rings (SSSR count). The molecular formula is C15H17NO2S. The maximum atomic E-state index is 12.0. The summed E-state index contributed by atoms with van der Waals surface area (Å²) in [5.74, 6) is 2.26. The van der Waals surface area contributed by atoms with Crippen molar-refractivity contribution in [2.24, 2.45) is 0 Å². The van der Waals surface area contributed by atoms with Crippen molar-refractivity contribution in [3.8, 4) is 0 Å². The summed E-state index contributed by atoms with van der Waals surface area (Å²) in [6.45, 7) is 0.654. The molecule has 0 N–H and O–H groups in total. The second-order valence-electron chi connectivity index (χ2n) is 4.31. The smallest absolute Gasteiger partial charge is 0.232 e. The van der Waals surface area contributed by atoms with E-state index in [0.717, 1.165) is 17.1 Å². The fourth-order valence-electron chi connectivity index (χ4n) is 1.69. The molecule has 19 heavy (non-hydrogen) atoms. The molecule has 0 aliphatic heterocycles. The van der Waals surface area contributed by atoms with E-state index in [2.05, 4.69) is 0 Å². The van der Waals surface area contributed by atoms with E-state index >= 15 is 0 Å². The van der Waals surface area contributed by atoms with Crippen LogP contribution >= 0.6 is 11.8 Å². The van der Waals surface area contributed by atoms with Gasteiger partial charge in [0.15, 0.2) is 0 Å². The summed E-state index contributed by atoms with van der Waals surface area (Å²) in [7, 11) is 1.84. The highest BCUT2D eigenvalue weighted by Gasteiger charge is 2.09. The van der Waals surface area contributed by atoms with Crippen LogP contribution in [0.15, 0.2) is 53.1 Å². The molecule has 2 aromatic rings. The molecule has 0 aliphatic carbocycles. The molecule has 0 saturated heterocycles. The van der Waals surface area contributed by atoms with Crippen LogP contribution in [0.2, 0.25) is 0 Å². The molecular weight excluding hydrogens is 258 g/mol. The zero-order chi connectivity index (χ0) is 13.5. The van der Waals surface area contributed by atoms with Gasteiger partial charge in [-0.1, -0.05) is 30.3 Å². The molecule has 0 aliphatic rings. The van der Waals surface area contributed by atoms with E-state index in [1.807, 2.05) is 49.5 Å². The number of carbonyl (C=O) groups is 1. The number of thioether (sulfide) groups is 1. The summed E-state index contributed by atoms with van der Waals surface area (Å²) in [6.07, 6.45) is 1.65. The van der Waals surface area contributed by atoms with Crippen LogP contribution in [-0.4, -0.2) is 23.6 Å². The Labute approximate surface area is 117 Å². The fraction of sp³-hybridized carbons (Fsp3) is 0.267. The van der Waals surface area contributed by atoms with Gasteiger partial charge in [-0.25, -0.2) is 0 Å². The van der Waals surface area contributed by atoms with Crippen LogP contribution in [0, 0.1) is 0 Å². The fourth-order valence-corrected chi connectivity index (χ4v) is 2.55. The summed E-state index contributed by atoms with van der Waals surface area (Å²) in [6, 6.07) is 13.8. The summed E-state index contributed by atoms with van der Waals surface area (Å²) in [4.78, 5) is 13.7. The second-order valence-corrected chi connectivity index (χ2v) is 5.29. The van der Waals surface area contributed by atoms with Crippen molar-refractivity contribution in [1.82, 2.24) is 4.90 Å². The first-order chi connectivity index (χ1) is 9.25. The van der Waals surface area contributed by atoms with Gasteiger partial charge in [0.05, 0.1) is 17.8 Å². The van der Waals surface area contributed by atoms with Crippen LogP contribution in [0.4, 0.5) is 0 Å². The molecule has 1 aromatic heterocycles. The number of furan rings is 1. The number of hydrogen-bond acceptors (Lipinski definition) is 3. The summed E-state index contributed by atoms with van der Waals surface area (Å²) >= 11 is 1.57. The van der Waals surface area contributed by atoms with Crippen LogP contribution in [0.5, 0.6) is 0 Å². The van der Waals surface area contributed by atoms with Crippen molar-refractivity contribution < 1.29 is 9.21 Å². The van der Waals surface area contributed by atoms with Gasteiger partial charge in [-0.3, -0.25) is 4.79 Å². The predicted octanol–water partition coefficient (Wildman–Crippen LogP) is 3.17. The van der Waals surface area contributed by atoms with E-state index in [9.17, 15) is 4.79 Å². The minimum absolute atomic E-state index is 0.139. The van der Waals surface area contributed by atoms with Gasteiger partial charge in [-0.2, -0.15) is 0 Å². The standard InChI is InChI=1S/C15H17NO2S/c1-16(10-13-6-3-2-4-7-13)15(17)12-19-11-14-8-5-9-18-14/h2-9H,10-12H2,1H3. The molecule has 0 spiro atoms. The predicted molar refractivity (Wildman–Crippen MR) is 77.8 cm³/mol. The Hall–Kier alpha value is -1.68. The number of rotatable bonds is 6. The van der Waals surface area contributed by atoms with Gasteiger partial charge >= 0.3 is 0 Å². The topological polar surface area (TPSA) is 33.5 Å². The van der Waals surface area contributed by atoms with Crippen molar-refractivity contribution in [3.63, 3.8) is 0 Å². The lowest BCUT2D eigenvalue weighted by Gasteiger charge is -2.16. The monoisotopic (exact) mass is 275 g/mol. The van der Waals surface area contributed by atoms with Crippen LogP contribution in [-0.2, 0) is 17.1 Å². The number of hydrogen-bond donors (Lipinski definition) is 0. The van der Waals surface area contributed by atoms with Gasteiger partial charge in [0.25, 0.3) is 0 Å². The van der Waals surface area contributed by atoms with E-state index in [0.29, 0.717) is 12.3 Å². The van der Waals surface area contributed by atoms with Crippen molar-refractivity contribution in [2.75, 3.05) is 12.8 Å². The van der Waals surface area contributed by atoms with Crippen LogP contribution < -0.4 is 0 Å². The molecule has 0 bridgehead atoms. The summed E-state index contributed by atoms with van der Waals surface area (Å²) in [5, 5.41) is 0. The molecule has 0 fully saturated rings. The molecule has 0 unspecified atom stereocenters. The molecule has 4 heteroatoms. The van der Waals surface area contributed by atoms with Crippen LogP contribution in [0.3, 0.4) is 0 Å². The summed E-state index contributed by atoms with van der Waals surface area (Å²) < 4.78 is 5.23. The first kappa shape index (κ1) is 13.7. The average molecular weight is 275 g/mol. The maximum Gasteiger partial charge on any atom is 0.232 e. The quantitative estimate of drug-likeness (QED) is 0.812. The number of nitrogens with zero attached hydrogens (tertiary/aromatic N) is 1. The highest BCUT2D eigenvalue weighted by molar-refractivity contribution is 7.99. The number of benzene rings is 1. The average Bonchev–Trinajstić information content (AvgIpc) is 2.93. The van der Waals surface area contributed by atoms with Gasteiger partial charge in [-0.05, 0) is 17.7 Å². The third-order valence-corrected chi connectivity index (χ3v) is 3.68. The Balaban J connectivity index is 1.73. The van der Waals surface area contributed by atoms with E-state index in [4.69, 9.17) is 4.42 Å². The lowest BCUT2D eigenvalue weighted by molar-refractivity contribution is -0.127. The molecule has 3 nitrogen and oxygen atoms in total. The van der Waals surface area contributed by atoms with Crippen molar-refractivity contribution >= 4 is 17.7 Å². The molecule has 1 amide bonds. The maximum absolute atomic E-state index is 12.0. The second kappa shape index (κ2) is 7.04. The zero-order valence-electron chi connectivity index (χ0n) is 10.9. The van der Waals surface area contributed by atoms with E-state index < -0.39 is 0 Å². The Morgan fingerprint density at radius 3 is 2.68 bits per heavy atom. The zero-order valence-corrected chi connectivity index (χ0v) is 11.7. The highest BCUT2D eigenvalue weighted by atomic mass is 32.2. The van der Waals surface area contributed by atoms with Gasteiger partial charge in [0.2, 0.25) is 5.91 Å².